The van der Waals surface area contributed by atoms with Crippen molar-refractivity contribution in [1.29, 1.82) is 0 Å². The molecule has 56 heavy (non-hydrogen) atoms. The molecule has 0 radical (unpaired) electrons. The normalized spacial score (nSPS) is 21.1. The third-order valence-corrected chi connectivity index (χ3v) is 11.5. The van der Waals surface area contributed by atoms with Gasteiger partial charge in [0, 0.05) is 23.1 Å². The largest absolute Gasteiger partial charge is 0.465 e. The number of benzene rings is 4. The molecule has 5 N–H and O–H groups in total. The number of imidazole rings is 2. The van der Waals surface area contributed by atoms with Gasteiger partial charge in [-0.15, -0.1) is 0 Å². The van der Waals surface area contributed by atoms with Crippen LogP contribution in [-0.2, 0) is 20.2 Å². The number of fused-ring (bicyclic) bond motifs is 4. The Morgan fingerprint density at radius 3 is 2.34 bits per heavy atom. The Kier molecular flexibility index (Phi) is 8.06. The number of aromatic nitrogens is 4. The Bertz CT molecular complexity index is 2510. The summed E-state index contributed by atoms with van der Waals surface area (Å²) in [5.41, 5.74) is 5.34. The van der Waals surface area contributed by atoms with E-state index in [0.29, 0.717) is 69.1 Å². The van der Waals surface area contributed by atoms with Gasteiger partial charge in [0.15, 0.2) is 5.79 Å². The van der Waals surface area contributed by atoms with Gasteiger partial charge in [-0.25, -0.2) is 14.8 Å². The quantitative estimate of drug-likeness (QED) is 0.115. The second-order valence-electron chi connectivity index (χ2n) is 14.9. The molecule has 0 bridgehead atoms. The number of H-pyrrole nitrogens is 2. The van der Waals surface area contributed by atoms with Gasteiger partial charge in [0.05, 0.1) is 54.8 Å². The highest BCUT2D eigenvalue weighted by molar-refractivity contribution is 5.89. The van der Waals surface area contributed by atoms with Crippen LogP contribution >= 0.6 is 0 Å². The maximum Gasteiger partial charge on any atom is 0.405 e. The van der Waals surface area contributed by atoms with Crippen LogP contribution < -0.4 is 10.6 Å². The smallest absolute Gasteiger partial charge is 0.405 e. The summed E-state index contributed by atoms with van der Waals surface area (Å²) in [5.74, 6) is -3.46. The minimum atomic E-state index is -3.22. The number of hydrogen-bond donors (Lipinski definition) is 5. The molecule has 4 aromatic carbocycles. The molecule has 284 valence electrons. The van der Waals surface area contributed by atoms with Gasteiger partial charge in [-0.3, -0.25) is 4.79 Å². The van der Waals surface area contributed by atoms with Crippen LogP contribution in [0.2, 0.25) is 0 Å². The van der Waals surface area contributed by atoms with Crippen molar-refractivity contribution < 1.29 is 33.0 Å². The molecule has 3 saturated heterocycles. The van der Waals surface area contributed by atoms with E-state index in [1.54, 1.807) is 65.7 Å². The molecule has 0 saturated carbocycles. The predicted molar refractivity (Wildman–Crippen MR) is 202 cm³/mol. The number of halogens is 2. The van der Waals surface area contributed by atoms with Crippen LogP contribution in [-0.4, -0.2) is 74.0 Å². The minimum absolute atomic E-state index is 0.0392. The number of ether oxygens (including phenoxy) is 2. The number of carbonyl (C=O) groups is 2. The number of nitrogens with zero attached hydrogens (tertiary/aromatic N) is 3. The highest BCUT2D eigenvalue weighted by Crippen LogP contribution is 2.53. The highest BCUT2D eigenvalue weighted by atomic mass is 19.3. The summed E-state index contributed by atoms with van der Waals surface area (Å²) in [6, 6.07) is 22.9. The Morgan fingerprint density at radius 2 is 1.61 bits per heavy atom. The van der Waals surface area contributed by atoms with Crippen molar-refractivity contribution in [3.8, 4) is 33.5 Å². The zero-order valence-electron chi connectivity index (χ0n) is 30.0. The molecule has 14 heteroatoms. The van der Waals surface area contributed by atoms with Crippen molar-refractivity contribution in [1.82, 2.24) is 35.5 Å². The van der Waals surface area contributed by atoms with Gasteiger partial charge in [-0.05, 0) is 71.5 Å². The minimum Gasteiger partial charge on any atom is -0.465 e. The topological polar surface area (TPSA) is 157 Å². The van der Waals surface area contributed by atoms with Crippen molar-refractivity contribution in [2.24, 2.45) is 0 Å². The molecule has 3 fully saturated rings. The van der Waals surface area contributed by atoms with Gasteiger partial charge >= 0.3 is 6.09 Å². The van der Waals surface area contributed by atoms with E-state index in [9.17, 15) is 14.7 Å². The maximum atomic E-state index is 16.3. The number of alkyl halides is 2. The van der Waals surface area contributed by atoms with Crippen LogP contribution in [0.4, 0.5) is 13.6 Å². The average Bonchev–Trinajstić information content (AvgIpc) is 4.07. The molecule has 5 heterocycles. The van der Waals surface area contributed by atoms with Crippen LogP contribution in [0.1, 0.15) is 65.7 Å². The van der Waals surface area contributed by atoms with Crippen molar-refractivity contribution in [3.63, 3.8) is 0 Å². The summed E-state index contributed by atoms with van der Waals surface area (Å²) in [7, 11) is 0. The van der Waals surface area contributed by atoms with E-state index in [4.69, 9.17) is 14.5 Å². The lowest BCUT2D eigenvalue weighted by Crippen LogP contribution is -2.44. The van der Waals surface area contributed by atoms with E-state index >= 15 is 8.78 Å². The number of likely N-dealkylation sites (tertiary alicyclic amines) is 1. The van der Waals surface area contributed by atoms with E-state index in [1.165, 1.54) is 0 Å². The molecule has 0 unspecified atom stereocenters. The van der Waals surface area contributed by atoms with E-state index in [0.717, 1.165) is 25.2 Å². The standard InChI is InChI=1S/C42H37F2N7O5/c43-42(44)29-17-24(8-11-27(29)28-12-9-26(18-30(28)42)34-21-46-37(49-34)32-7-4-14-45-32)25-10-13-31-33(19-25)48-38(47-31)35-20-41(55-15-16-56-41)22-51(35)39(52)36(50-40(53)54)23-5-2-1-3-6-23/h1-3,5-6,8-13,17-19,21,32,35-36,45,50H,4,7,14-16,20,22H2,(H,46,49)(H,47,48)(H,53,54)/t32-,35-,36+/m0/s1. The molecule has 1 aliphatic carbocycles. The molecule has 2 amide bonds. The van der Waals surface area contributed by atoms with Gasteiger partial charge in [-0.2, -0.15) is 8.78 Å². The van der Waals surface area contributed by atoms with Crippen LogP contribution in [0.15, 0.2) is 91.1 Å². The van der Waals surface area contributed by atoms with Gasteiger partial charge < -0.3 is 40.1 Å². The molecule has 10 rings (SSSR count). The molecule has 3 aliphatic heterocycles. The Morgan fingerprint density at radius 1 is 0.893 bits per heavy atom. The Labute approximate surface area is 319 Å². The first-order valence-corrected chi connectivity index (χ1v) is 18.7. The van der Waals surface area contributed by atoms with E-state index in [2.05, 4.69) is 25.6 Å². The SMILES string of the molecule is O=C(O)N[C@@H](C(=O)N1CC2(C[C@H]1c1nc3ccc(-c4ccc5c(c4)C(F)(F)c4cc(-c6cnc([C@@H]7CCCN7)[nH]6)ccc4-5)cc3[nH]1)OCCO2)c1ccccc1. The molecule has 1 spiro atoms. The van der Waals surface area contributed by atoms with Crippen molar-refractivity contribution >= 4 is 23.0 Å². The summed E-state index contributed by atoms with van der Waals surface area (Å²) >= 11 is 0. The predicted octanol–water partition coefficient (Wildman–Crippen LogP) is 7.19. The zero-order valence-corrected chi connectivity index (χ0v) is 30.0. The average molecular weight is 758 g/mol. The monoisotopic (exact) mass is 757 g/mol. The van der Waals surface area contributed by atoms with Gasteiger partial charge in [0.2, 0.25) is 0 Å². The first kappa shape index (κ1) is 34.5. The number of amides is 2. The fourth-order valence-corrected chi connectivity index (χ4v) is 8.76. The summed E-state index contributed by atoms with van der Waals surface area (Å²) < 4.78 is 44.7. The van der Waals surface area contributed by atoms with Crippen molar-refractivity contribution in [3.05, 3.63) is 119 Å². The van der Waals surface area contributed by atoms with Crippen LogP contribution in [0, 0.1) is 0 Å². The number of carboxylic acid groups (broad SMARTS) is 1. The van der Waals surface area contributed by atoms with E-state index in [-0.39, 0.29) is 30.1 Å². The first-order chi connectivity index (χ1) is 27.2. The molecule has 2 aromatic heterocycles. The van der Waals surface area contributed by atoms with E-state index in [1.807, 2.05) is 30.3 Å². The summed E-state index contributed by atoms with van der Waals surface area (Å²) in [4.78, 5) is 43.7. The number of rotatable bonds is 7. The molecule has 6 aromatic rings. The number of aromatic amines is 2. The number of hydrogen-bond acceptors (Lipinski definition) is 7. The van der Waals surface area contributed by atoms with E-state index < -0.39 is 35.8 Å². The van der Waals surface area contributed by atoms with Crippen LogP contribution in [0.3, 0.4) is 0 Å². The molecule has 3 atom stereocenters. The van der Waals surface area contributed by atoms with Gasteiger partial charge in [0.25, 0.3) is 11.8 Å². The van der Waals surface area contributed by atoms with Crippen LogP contribution in [0.25, 0.3) is 44.5 Å². The van der Waals surface area contributed by atoms with Gasteiger partial charge in [-0.1, -0.05) is 60.7 Å². The fourth-order valence-electron chi connectivity index (χ4n) is 8.76. The maximum absolute atomic E-state index is 16.3. The zero-order chi connectivity index (χ0) is 38.2. The third-order valence-electron chi connectivity index (χ3n) is 11.5. The number of carbonyl (C=O) groups excluding carboxylic acids is 1. The first-order valence-electron chi connectivity index (χ1n) is 18.7. The summed E-state index contributed by atoms with van der Waals surface area (Å²) in [6.07, 6.45) is 2.71. The second kappa shape index (κ2) is 13.1. The fraction of sp³-hybridized carbons (Fsp3) is 0.286. The molecular formula is C42H37F2N7O5. The van der Waals surface area contributed by atoms with Crippen molar-refractivity contribution in [2.75, 3.05) is 26.3 Å². The van der Waals surface area contributed by atoms with Crippen molar-refractivity contribution in [2.45, 2.75) is 49.1 Å². The third kappa shape index (κ3) is 5.74. The lowest BCUT2D eigenvalue weighted by molar-refractivity contribution is -0.153. The molecular weight excluding hydrogens is 721 g/mol. The Hall–Kier alpha value is -5.96. The highest BCUT2D eigenvalue weighted by Gasteiger charge is 2.53. The van der Waals surface area contributed by atoms with Gasteiger partial charge in [0.1, 0.15) is 17.7 Å². The summed E-state index contributed by atoms with van der Waals surface area (Å²) in [6.45, 7) is 1.74. The lowest BCUT2D eigenvalue weighted by atomic mass is 9.98. The van der Waals surface area contributed by atoms with Crippen LogP contribution in [0.5, 0.6) is 0 Å². The Balaban J connectivity index is 0.949. The second-order valence-corrected chi connectivity index (χ2v) is 14.9. The molecule has 4 aliphatic rings. The lowest BCUT2D eigenvalue weighted by Gasteiger charge is -2.28. The molecule has 12 nitrogen and oxygen atoms in total. The summed E-state index contributed by atoms with van der Waals surface area (Å²) in [5, 5.41) is 15.4. The number of nitrogens with one attached hydrogen (secondary N) is 4.